The molecule has 1 aromatic rings. The van der Waals surface area contributed by atoms with E-state index < -0.39 is 0 Å². The number of fused-ring (bicyclic) bond motifs is 1. The second kappa shape index (κ2) is 4.92. The number of anilines is 1. The van der Waals surface area contributed by atoms with Crippen LogP contribution in [0.5, 0.6) is 0 Å². The molecule has 0 N–H and O–H groups in total. The standard InChI is InChI=1S/C14H18FNOS/c1-14(2,3)18-9-13(17)16-7-6-10-4-5-11(15)8-12(10)16/h4-5,8H,6-7,9H2,1-3H3. The molecule has 0 unspecified atom stereocenters. The van der Waals surface area contributed by atoms with E-state index >= 15 is 0 Å². The van der Waals surface area contributed by atoms with Crippen molar-refractivity contribution in [1.82, 2.24) is 0 Å². The van der Waals surface area contributed by atoms with Crippen molar-refractivity contribution in [3.63, 3.8) is 0 Å². The zero-order valence-corrected chi connectivity index (χ0v) is 11.8. The number of rotatable bonds is 2. The molecule has 4 heteroatoms. The van der Waals surface area contributed by atoms with Crippen molar-refractivity contribution in [2.45, 2.75) is 31.9 Å². The van der Waals surface area contributed by atoms with Gasteiger partial charge in [0.25, 0.3) is 0 Å². The molecular weight excluding hydrogens is 249 g/mol. The van der Waals surface area contributed by atoms with Gasteiger partial charge in [0.2, 0.25) is 5.91 Å². The quantitative estimate of drug-likeness (QED) is 0.820. The predicted molar refractivity (Wildman–Crippen MR) is 74.7 cm³/mol. The van der Waals surface area contributed by atoms with Crippen molar-refractivity contribution in [3.8, 4) is 0 Å². The lowest BCUT2D eigenvalue weighted by atomic mass is 10.2. The molecule has 1 amide bonds. The Balaban J connectivity index is 2.09. The molecule has 1 aromatic carbocycles. The van der Waals surface area contributed by atoms with Crippen LogP contribution in [0.4, 0.5) is 10.1 Å². The first-order valence-corrected chi connectivity index (χ1v) is 7.08. The largest absolute Gasteiger partial charge is 0.311 e. The summed E-state index contributed by atoms with van der Waals surface area (Å²) >= 11 is 1.62. The zero-order valence-electron chi connectivity index (χ0n) is 11.0. The molecule has 0 atom stereocenters. The van der Waals surface area contributed by atoms with Crippen LogP contribution in [-0.4, -0.2) is 23.0 Å². The molecule has 1 aliphatic heterocycles. The van der Waals surface area contributed by atoms with Crippen molar-refractivity contribution < 1.29 is 9.18 Å². The minimum atomic E-state index is -0.281. The summed E-state index contributed by atoms with van der Waals surface area (Å²) in [4.78, 5) is 13.9. The normalized spacial score (nSPS) is 14.8. The lowest BCUT2D eigenvalue weighted by molar-refractivity contribution is -0.116. The van der Waals surface area contributed by atoms with Crippen LogP contribution in [0.15, 0.2) is 18.2 Å². The molecule has 1 aliphatic rings. The maximum Gasteiger partial charge on any atom is 0.237 e. The fraction of sp³-hybridized carbons (Fsp3) is 0.500. The number of halogens is 1. The van der Waals surface area contributed by atoms with Crippen molar-refractivity contribution in [1.29, 1.82) is 0 Å². The maximum absolute atomic E-state index is 13.2. The first-order valence-electron chi connectivity index (χ1n) is 6.09. The summed E-state index contributed by atoms with van der Waals surface area (Å²) in [6.07, 6.45) is 0.821. The number of hydrogen-bond acceptors (Lipinski definition) is 2. The van der Waals surface area contributed by atoms with E-state index in [1.165, 1.54) is 12.1 Å². The highest BCUT2D eigenvalue weighted by atomic mass is 32.2. The first kappa shape index (κ1) is 13.4. The third-order valence-corrected chi connectivity index (χ3v) is 4.13. The van der Waals surface area contributed by atoms with Gasteiger partial charge in [-0.25, -0.2) is 4.39 Å². The van der Waals surface area contributed by atoms with Gasteiger partial charge >= 0.3 is 0 Å². The Bertz CT molecular complexity index is 467. The lowest BCUT2D eigenvalue weighted by Crippen LogP contribution is -2.31. The number of hydrogen-bond donors (Lipinski definition) is 0. The van der Waals surface area contributed by atoms with E-state index in [1.54, 1.807) is 22.7 Å². The molecule has 0 saturated heterocycles. The number of carbonyl (C=O) groups excluding carboxylic acids is 1. The SMILES string of the molecule is CC(C)(C)SCC(=O)N1CCc2ccc(F)cc21. The molecule has 1 heterocycles. The van der Waals surface area contributed by atoms with E-state index in [9.17, 15) is 9.18 Å². The lowest BCUT2D eigenvalue weighted by Gasteiger charge is -2.21. The van der Waals surface area contributed by atoms with E-state index in [2.05, 4.69) is 20.8 Å². The van der Waals surface area contributed by atoms with E-state index in [1.807, 2.05) is 0 Å². The van der Waals surface area contributed by atoms with Crippen molar-refractivity contribution in [2.24, 2.45) is 0 Å². The summed E-state index contributed by atoms with van der Waals surface area (Å²) in [7, 11) is 0. The summed E-state index contributed by atoms with van der Waals surface area (Å²) < 4.78 is 13.3. The number of amides is 1. The summed E-state index contributed by atoms with van der Waals surface area (Å²) in [6.45, 7) is 6.93. The first-order chi connectivity index (χ1) is 8.37. The number of nitrogens with zero attached hydrogens (tertiary/aromatic N) is 1. The maximum atomic E-state index is 13.2. The Morgan fingerprint density at radius 3 is 2.83 bits per heavy atom. The van der Waals surface area contributed by atoms with Crippen molar-refractivity contribution >= 4 is 23.4 Å². The van der Waals surface area contributed by atoms with Crippen molar-refractivity contribution in [2.75, 3.05) is 17.2 Å². The third kappa shape index (κ3) is 3.05. The van der Waals surface area contributed by atoms with E-state index in [4.69, 9.17) is 0 Å². The third-order valence-electron chi connectivity index (χ3n) is 2.87. The van der Waals surface area contributed by atoms with Gasteiger partial charge in [-0.05, 0) is 24.1 Å². The van der Waals surface area contributed by atoms with Crippen LogP contribution < -0.4 is 4.90 Å². The van der Waals surface area contributed by atoms with Crippen LogP contribution in [0.2, 0.25) is 0 Å². The zero-order chi connectivity index (χ0) is 13.3. The summed E-state index contributed by atoms with van der Waals surface area (Å²) in [5.41, 5.74) is 1.81. The second-order valence-electron chi connectivity index (χ2n) is 5.47. The van der Waals surface area contributed by atoms with E-state index in [-0.39, 0.29) is 16.5 Å². The molecular formula is C14H18FNOS. The fourth-order valence-corrected chi connectivity index (χ4v) is 2.68. The number of benzene rings is 1. The molecule has 18 heavy (non-hydrogen) atoms. The molecule has 0 aliphatic carbocycles. The minimum Gasteiger partial charge on any atom is -0.311 e. The average Bonchev–Trinajstić information content (AvgIpc) is 2.67. The van der Waals surface area contributed by atoms with Gasteiger partial charge < -0.3 is 4.90 Å². The highest BCUT2D eigenvalue weighted by molar-refractivity contribution is 8.01. The topological polar surface area (TPSA) is 20.3 Å². The van der Waals surface area contributed by atoms with Gasteiger partial charge in [0.1, 0.15) is 5.82 Å². The van der Waals surface area contributed by atoms with Gasteiger partial charge in [0, 0.05) is 17.0 Å². The highest BCUT2D eigenvalue weighted by Crippen LogP contribution is 2.30. The number of thioether (sulfide) groups is 1. The molecule has 2 rings (SSSR count). The van der Waals surface area contributed by atoms with Crippen LogP contribution in [0.3, 0.4) is 0 Å². The minimum absolute atomic E-state index is 0.0688. The fourth-order valence-electron chi connectivity index (χ4n) is 1.97. The molecule has 0 bridgehead atoms. The van der Waals surface area contributed by atoms with Gasteiger partial charge in [-0.1, -0.05) is 26.8 Å². The van der Waals surface area contributed by atoms with Crippen LogP contribution in [0.1, 0.15) is 26.3 Å². The molecule has 0 saturated carbocycles. The molecule has 0 spiro atoms. The van der Waals surface area contributed by atoms with Crippen LogP contribution in [0, 0.1) is 5.82 Å². The van der Waals surface area contributed by atoms with Crippen LogP contribution >= 0.6 is 11.8 Å². The Morgan fingerprint density at radius 2 is 2.17 bits per heavy atom. The second-order valence-corrected chi connectivity index (χ2v) is 7.27. The molecule has 0 radical (unpaired) electrons. The Hall–Kier alpha value is -1.03. The molecule has 98 valence electrons. The Labute approximate surface area is 112 Å². The van der Waals surface area contributed by atoms with Gasteiger partial charge in [-0.15, -0.1) is 11.8 Å². The molecule has 2 nitrogen and oxygen atoms in total. The van der Waals surface area contributed by atoms with Gasteiger partial charge in [-0.2, -0.15) is 0 Å². The van der Waals surface area contributed by atoms with Crippen molar-refractivity contribution in [3.05, 3.63) is 29.6 Å². The van der Waals surface area contributed by atoms with Gasteiger partial charge in [-0.3, -0.25) is 4.79 Å². The van der Waals surface area contributed by atoms with Gasteiger partial charge in [0.05, 0.1) is 5.75 Å². The number of carbonyl (C=O) groups is 1. The molecule has 0 aromatic heterocycles. The Kier molecular flexibility index (Phi) is 3.66. The van der Waals surface area contributed by atoms with E-state index in [0.29, 0.717) is 12.3 Å². The summed E-state index contributed by atoms with van der Waals surface area (Å²) in [5, 5.41) is 0. The smallest absolute Gasteiger partial charge is 0.237 e. The predicted octanol–water partition coefficient (Wildman–Crippen LogP) is 3.25. The van der Waals surface area contributed by atoms with E-state index in [0.717, 1.165) is 17.7 Å². The van der Waals surface area contributed by atoms with Crippen LogP contribution in [0.25, 0.3) is 0 Å². The molecule has 0 fully saturated rings. The Morgan fingerprint density at radius 1 is 1.44 bits per heavy atom. The average molecular weight is 267 g/mol. The summed E-state index contributed by atoms with van der Waals surface area (Å²) in [6, 6.07) is 4.69. The highest BCUT2D eigenvalue weighted by Gasteiger charge is 2.26. The van der Waals surface area contributed by atoms with Crippen LogP contribution in [-0.2, 0) is 11.2 Å². The van der Waals surface area contributed by atoms with Gasteiger partial charge in [0.15, 0.2) is 0 Å². The monoisotopic (exact) mass is 267 g/mol. The summed E-state index contributed by atoms with van der Waals surface area (Å²) in [5.74, 6) is 0.232.